The molecule has 0 unspecified atom stereocenters. The number of ether oxygens (including phenoxy) is 2. The van der Waals surface area contributed by atoms with E-state index in [4.69, 9.17) is 10.5 Å². The lowest BCUT2D eigenvalue weighted by Gasteiger charge is -2.29. The van der Waals surface area contributed by atoms with Crippen molar-refractivity contribution in [2.24, 2.45) is 10.7 Å². The Kier molecular flexibility index (Phi) is 5.60. The highest BCUT2D eigenvalue weighted by molar-refractivity contribution is 5.87. The summed E-state index contributed by atoms with van der Waals surface area (Å²) < 4.78 is 9.89. The Bertz CT molecular complexity index is 389. The lowest BCUT2D eigenvalue weighted by molar-refractivity contribution is 0.0276. The van der Waals surface area contributed by atoms with E-state index in [1.807, 2.05) is 20.8 Å². The Morgan fingerprint density at radius 1 is 1.45 bits per heavy atom. The third kappa shape index (κ3) is 6.26. The number of amides is 2. The zero-order valence-electron chi connectivity index (χ0n) is 12.1. The number of amidine groups is 1. The average Bonchev–Trinajstić information content (AvgIpc) is 2.33. The maximum Gasteiger partial charge on any atom is 0.410 e. The molecule has 2 amide bonds. The van der Waals surface area contributed by atoms with E-state index < -0.39 is 11.7 Å². The molecule has 0 atom stereocenters. The molecule has 0 aromatic rings. The molecule has 20 heavy (non-hydrogen) atoms. The molecule has 1 heterocycles. The first kappa shape index (κ1) is 16.1. The molecule has 114 valence electrons. The van der Waals surface area contributed by atoms with Gasteiger partial charge in [0.1, 0.15) is 18.0 Å². The van der Waals surface area contributed by atoms with Crippen molar-refractivity contribution in [3.8, 4) is 0 Å². The first-order valence-electron chi connectivity index (χ1n) is 6.45. The standard InChI is InChI=1S/C12H22N4O4/c1-12(2,3)20-11(18)16-6-4-14-9(8-16)15-5-7-19-10(13)17/h4-8H2,1-3H3,(H2,13,17)(H,14,15). The predicted molar refractivity (Wildman–Crippen MR) is 73.6 cm³/mol. The van der Waals surface area contributed by atoms with Crippen molar-refractivity contribution in [3.63, 3.8) is 0 Å². The maximum absolute atomic E-state index is 11.9. The molecule has 1 aliphatic rings. The van der Waals surface area contributed by atoms with Gasteiger partial charge in [0, 0.05) is 6.54 Å². The highest BCUT2D eigenvalue weighted by Gasteiger charge is 2.24. The van der Waals surface area contributed by atoms with E-state index >= 15 is 0 Å². The third-order valence-electron chi connectivity index (χ3n) is 2.34. The number of nitrogens with two attached hydrogens (primary N) is 1. The number of hydrogen-bond donors (Lipinski definition) is 2. The van der Waals surface area contributed by atoms with Crippen LogP contribution in [0.1, 0.15) is 20.8 Å². The van der Waals surface area contributed by atoms with E-state index in [0.717, 1.165) is 0 Å². The second-order valence-electron chi connectivity index (χ2n) is 5.32. The van der Waals surface area contributed by atoms with Crippen LogP contribution in [0.4, 0.5) is 9.59 Å². The van der Waals surface area contributed by atoms with Gasteiger partial charge in [0.05, 0.1) is 19.6 Å². The topological polar surface area (TPSA) is 106 Å². The van der Waals surface area contributed by atoms with Crippen LogP contribution >= 0.6 is 0 Å². The van der Waals surface area contributed by atoms with Crippen LogP contribution in [0.15, 0.2) is 4.99 Å². The Morgan fingerprint density at radius 2 is 2.15 bits per heavy atom. The summed E-state index contributed by atoms with van der Waals surface area (Å²) in [5.41, 5.74) is 4.32. The number of primary amides is 1. The summed E-state index contributed by atoms with van der Waals surface area (Å²) >= 11 is 0. The van der Waals surface area contributed by atoms with Crippen molar-refractivity contribution < 1.29 is 19.1 Å². The largest absolute Gasteiger partial charge is 0.448 e. The summed E-state index contributed by atoms with van der Waals surface area (Å²) in [6.45, 7) is 7.40. The van der Waals surface area contributed by atoms with Crippen molar-refractivity contribution in [1.82, 2.24) is 10.2 Å². The van der Waals surface area contributed by atoms with Gasteiger partial charge in [-0.05, 0) is 20.8 Å². The first-order chi connectivity index (χ1) is 9.28. The SMILES string of the molecule is CC(C)(C)OC(=O)N1CCN=C(NCCOC(N)=O)C1. The van der Waals surface area contributed by atoms with E-state index in [1.165, 1.54) is 0 Å². The molecule has 1 aliphatic heterocycles. The molecule has 1 rings (SSSR count). The van der Waals surface area contributed by atoms with Gasteiger partial charge < -0.3 is 20.5 Å². The van der Waals surface area contributed by atoms with E-state index in [9.17, 15) is 9.59 Å². The van der Waals surface area contributed by atoms with Crippen LogP contribution < -0.4 is 11.1 Å². The minimum Gasteiger partial charge on any atom is -0.448 e. The number of carbonyl (C=O) groups is 2. The van der Waals surface area contributed by atoms with Crippen molar-refractivity contribution in [2.75, 3.05) is 32.8 Å². The molecule has 0 aliphatic carbocycles. The van der Waals surface area contributed by atoms with Crippen LogP contribution in [0.2, 0.25) is 0 Å². The molecule has 0 saturated heterocycles. The fourth-order valence-corrected chi connectivity index (χ4v) is 1.56. The Morgan fingerprint density at radius 3 is 2.75 bits per heavy atom. The Labute approximate surface area is 118 Å². The number of hydrogen-bond acceptors (Lipinski definition) is 6. The zero-order chi connectivity index (χ0) is 15.2. The summed E-state index contributed by atoms with van der Waals surface area (Å²) in [5, 5.41) is 2.99. The molecule has 0 bridgehead atoms. The van der Waals surface area contributed by atoms with Gasteiger partial charge in [0.15, 0.2) is 0 Å². The minimum atomic E-state index is -0.812. The third-order valence-corrected chi connectivity index (χ3v) is 2.34. The lowest BCUT2D eigenvalue weighted by Crippen LogP contribution is -2.47. The van der Waals surface area contributed by atoms with Gasteiger partial charge in [-0.1, -0.05) is 0 Å². The fraction of sp³-hybridized carbons (Fsp3) is 0.750. The van der Waals surface area contributed by atoms with Crippen LogP contribution in [-0.2, 0) is 9.47 Å². The maximum atomic E-state index is 11.9. The normalized spacial score (nSPS) is 15.3. The average molecular weight is 286 g/mol. The van der Waals surface area contributed by atoms with Gasteiger partial charge in [0.25, 0.3) is 0 Å². The van der Waals surface area contributed by atoms with Gasteiger partial charge in [-0.2, -0.15) is 0 Å². The number of aliphatic imine (C=N–C) groups is 1. The summed E-state index contributed by atoms with van der Waals surface area (Å²) in [6.07, 6.45) is -1.17. The van der Waals surface area contributed by atoms with Crippen LogP contribution in [0, 0.1) is 0 Å². The second kappa shape index (κ2) is 6.97. The number of carbonyl (C=O) groups excluding carboxylic acids is 2. The highest BCUT2D eigenvalue weighted by atomic mass is 16.6. The summed E-state index contributed by atoms with van der Waals surface area (Å²) in [6, 6.07) is 0. The predicted octanol–water partition coefficient (Wildman–Crippen LogP) is 0.321. The number of rotatable bonds is 3. The van der Waals surface area contributed by atoms with E-state index in [1.54, 1.807) is 4.90 Å². The number of nitrogens with zero attached hydrogens (tertiary/aromatic N) is 2. The molecule has 0 aromatic carbocycles. The molecular weight excluding hydrogens is 264 g/mol. The summed E-state index contributed by atoms with van der Waals surface area (Å²) in [7, 11) is 0. The molecule has 8 nitrogen and oxygen atoms in total. The minimum absolute atomic E-state index is 0.154. The smallest absolute Gasteiger partial charge is 0.410 e. The van der Waals surface area contributed by atoms with Gasteiger partial charge in [-0.3, -0.25) is 9.89 Å². The first-order valence-corrected chi connectivity index (χ1v) is 6.45. The zero-order valence-corrected chi connectivity index (χ0v) is 12.1. The van der Waals surface area contributed by atoms with E-state index in [-0.39, 0.29) is 12.7 Å². The van der Waals surface area contributed by atoms with Gasteiger partial charge in [0.2, 0.25) is 0 Å². The van der Waals surface area contributed by atoms with E-state index in [2.05, 4.69) is 15.0 Å². The van der Waals surface area contributed by atoms with Crippen molar-refractivity contribution in [1.29, 1.82) is 0 Å². The Hall–Kier alpha value is -1.99. The van der Waals surface area contributed by atoms with Gasteiger partial charge in [-0.15, -0.1) is 0 Å². The quantitative estimate of drug-likeness (QED) is 0.727. The monoisotopic (exact) mass is 286 g/mol. The molecule has 3 N–H and O–H groups in total. The number of nitrogens with one attached hydrogen (secondary N) is 1. The Balaban J connectivity index is 2.36. The summed E-state index contributed by atoms with van der Waals surface area (Å²) in [5.74, 6) is 0.662. The van der Waals surface area contributed by atoms with Gasteiger partial charge in [-0.25, -0.2) is 9.59 Å². The molecule has 8 heteroatoms. The van der Waals surface area contributed by atoms with Crippen LogP contribution in [-0.4, -0.2) is 61.3 Å². The van der Waals surface area contributed by atoms with Crippen LogP contribution in [0.5, 0.6) is 0 Å². The van der Waals surface area contributed by atoms with Gasteiger partial charge >= 0.3 is 12.2 Å². The van der Waals surface area contributed by atoms with Crippen molar-refractivity contribution >= 4 is 18.0 Å². The molecule has 0 saturated carbocycles. The molecule has 0 aromatic heterocycles. The second-order valence-corrected chi connectivity index (χ2v) is 5.32. The highest BCUT2D eigenvalue weighted by Crippen LogP contribution is 2.10. The molecule has 0 spiro atoms. The molecular formula is C12H22N4O4. The van der Waals surface area contributed by atoms with E-state index in [0.29, 0.717) is 32.0 Å². The molecule has 0 radical (unpaired) electrons. The fourth-order valence-electron chi connectivity index (χ4n) is 1.56. The summed E-state index contributed by atoms with van der Waals surface area (Å²) in [4.78, 5) is 28.1. The van der Waals surface area contributed by atoms with Crippen LogP contribution in [0.3, 0.4) is 0 Å². The van der Waals surface area contributed by atoms with Crippen molar-refractivity contribution in [2.45, 2.75) is 26.4 Å². The van der Waals surface area contributed by atoms with Crippen LogP contribution in [0.25, 0.3) is 0 Å². The molecule has 0 fully saturated rings. The van der Waals surface area contributed by atoms with Crippen molar-refractivity contribution in [3.05, 3.63) is 0 Å². The lowest BCUT2D eigenvalue weighted by atomic mass is 10.2.